The Bertz CT molecular complexity index is 1430. The van der Waals surface area contributed by atoms with Crippen LogP contribution in [0.15, 0.2) is 52.6 Å². The molecule has 0 atom stereocenters. The molecule has 0 radical (unpaired) electrons. The normalized spacial score (nSPS) is 10.9. The Morgan fingerprint density at radius 1 is 1.15 bits per heavy atom. The maximum atomic E-state index is 14.1. The molecule has 168 valence electrons. The predicted octanol–water partition coefficient (Wildman–Crippen LogP) is 4.81. The van der Waals surface area contributed by atoms with Gasteiger partial charge in [-0.05, 0) is 43.3 Å². The van der Waals surface area contributed by atoms with Crippen molar-refractivity contribution in [3.8, 4) is 5.69 Å². The molecule has 7 nitrogen and oxygen atoms in total. The highest BCUT2D eigenvalue weighted by Crippen LogP contribution is 2.31. The van der Waals surface area contributed by atoms with Crippen LogP contribution in [-0.2, 0) is 4.74 Å². The first-order chi connectivity index (χ1) is 15.8. The van der Waals surface area contributed by atoms with Gasteiger partial charge in [-0.25, -0.2) is 13.6 Å². The Morgan fingerprint density at radius 2 is 1.82 bits per heavy atom. The van der Waals surface area contributed by atoms with Crippen molar-refractivity contribution in [2.24, 2.45) is 0 Å². The van der Waals surface area contributed by atoms with Crippen LogP contribution in [0.4, 0.5) is 13.8 Å². The van der Waals surface area contributed by atoms with Gasteiger partial charge in [-0.1, -0.05) is 17.7 Å². The average molecular weight is 490 g/mol. The summed E-state index contributed by atoms with van der Waals surface area (Å²) in [5.74, 6) is -3.97. The molecule has 0 saturated carbocycles. The topological polar surface area (TPSA) is 90.3 Å². The Morgan fingerprint density at radius 3 is 2.45 bits per heavy atom. The number of benzene rings is 2. The molecule has 0 aliphatic carbocycles. The molecule has 0 fully saturated rings. The lowest BCUT2D eigenvalue weighted by Crippen LogP contribution is -2.25. The van der Waals surface area contributed by atoms with E-state index in [1.165, 1.54) is 29.6 Å². The van der Waals surface area contributed by atoms with E-state index in [0.717, 1.165) is 34.2 Å². The van der Waals surface area contributed by atoms with E-state index in [9.17, 15) is 23.2 Å². The molecular weight excluding hydrogens is 476 g/mol. The number of aromatic nitrogens is 2. The number of hydrogen-bond donors (Lipinski definition) is 1. The number of halogens is 3. The number of carbonyl (C=O) groups is 2. The van der Waals surface area contributed by atoms with Crippen molar-refractivity contribution in [1.82, 2.24) is 9.78 Å². The van der Waals surface area contributed by atoms with E-state index in [1.54, 1.807) is 6.92 Å². The van der Waals surface area contributed by atoms with Crippen LogP contribution in [0.2, 0.25) is 5.02 Å². The zero-order valence-electron chi connectivity index (χ0n) is 16.9. The number of nitrogens with zero attached hydrogens (tertiary/aromatic N) is 2. The maximum absolute atomic E-state index is 14.1. The van der Waals surface area contributed by atoms with E-state index in [2.05, 4.69) is 10.4 Å². The van der Waals surface area contributed by atoms with E-state index in [1.807, 2.05) is 0 Å². The summed E-state index contributed by atoms with van der Waals surface area (Å²) < 4.78 is 34.1. The Kier molecular flexibility index (Phi) is 6.21. The summed E-state index contributed by atoms with van der Waals surface area (Å²) in [5, 5.41) is 8.48. The van der Waals surface area contributed by atoms with Gasteiger partial charge in [-0.2, -0.15) is 9.78 Å². The van der Waals surface area contributed by atoms with Gasteiger partial charge in [0.2, 0.25) is 0 Å². The predicted molar refractivity (Wildman–Crippen MR) is 120 cm³/mol. The lowest BCUT2D eigenvalue weighted by Gasteiger charge is -2.10. The highest BCUT2D eigenvalue weighted by molar-refractivity contribution is 7.16. The fourth-order valence-corrected chi connectivity index (χ4v) is 4.19. The molecule has 0 bridgehead atoms. The SMILES string of the molecule is CCOC(=O)c1nn(-c2ccc(Cl)cc2)c(=O)c2c(NC(=O)c3c(F)cccc3F)scc12. The molecule has 2 heterocycles. The number of carbonyl (C=O) groups excluding carboxylic acids is 2. The number of amides is 1. The highest BCUT2D eigenvalue weighted by atomic mass is 35.5. The molecule has 4 aromatic rings. The van der Waals surface area contributed by atoms with Crippen molar-refractivity contribution in [3.63, 3.8) is 0 Å². The molecule has 0 unspecified atom stereocenters. The van der Waals surface area contributed by atoms with Gasteiger partial charge in [0.1, 0.15) is 22.2 Å². The summed E-state index contributed by atoms with van der Waals surface area (Å²) in [6.45, 7) is 1.69. The highest BCUT2D eigenvalue weighted by Gasteiger charge is 2.25. The smallest absolute Gasteiger partial charge is 0.359 e. The number of fused-ring (bicyclic) bond motifs is 1. The lowest BCUT2D eigenvalue weighted by atomic mass is 10.1. The molecule has 2 aromatic heterocycles. The summed E-state index contributed by atoms with van der Waals surface area (Å²) >= 11 is 6.83. The van der Waals surface area contributed by atoms with E-state index >= 15 is 0 Å². The second-order valence-electron chi connectivity index (χ2n) is 6.67. The summed E-state index contributed by atoms with van der Waals surface area (Å²) in [7, 11) is 0. The maximum Gasteiger partial charge on any atom is 0.359 e. The Balaban J connectivity index is 1.90. The quantitative estimate of drug-likeness (QED) is 0.406. The monoisotopic (exact) mass is 489 g/mol. The third kappa shape index (κ3) is 4.22. The number of rotatable bonds is 5. The molecule has 1 N–H and O–H groups in total. The van der Waals surface area contributed by atoms with E-state index in [0.29, 0.717) is 10.7 Å². The van der Waals surface area contributed by atoms with Gasteiger partial charge in [-0.15, -0.1) is 11.3 Å². The summed E-state index contributed by atoms with van der Waals surface area (Å²) in [6, 6.07) is 9.15. The van der Waals surface area contributed by atoms with E-state index < -0.39 is 34.6 Å². The molecule has 2 aromatic carbocycles. The Labute approximate surface area is 194 Å². The lowest BCUT2D eigenvalue weighted by molar-refractivity contribution is 0.0520. The summed E-state index contributed by atoms with van der Waals surface area (Å²) in [5.41, 5.74) is -1.31. The molecule has 0 spiro atoms. The largest absolute Gasteiger partial charge is 0.461 e. The van der Waals surface area contributed by atoms with Gasteiger partial charge in [0, 0.05) is 15.8 Å². The van der Waals surface area contributed by atoms with E-state index in [4.69, 9.17) is 16.3 Å². The standard InChI is InChI=1S/C22H14ClF2N3O4S/c1-2-32-22(31)18-13-10-33-20(26-19(29)17-14(24)4-3-5-15(17)25)16(13)21(30)28(27-18)12-8-6-11(23)7-9-12/h3-10H,2H2,1H3,(H,26,29). The fraction of sp³-hybridized carbons (Fsp3) is 0.0909. The first-order valence-corrected chi connectivity index (χ1v) is 10.8. The molecule has 11 heteroatoms. The van der Waals surface area contributed by atoms with Gasteiger partial charge in [0.15, 0.2) is 5.69 Å². The van der Waals surface area contributed by atoms with Crippen LogP contribution in [0, 0.1) is 11.6 Å². The number of thiophene rings is 1. The van der Waals surface area contributed by atoms with Crippen molar-refractivity contribution >= 4 is 50.6 Å². The van der Waals surface area contributed by atoms with E-state index in [-0.39, 0.29) is 28.1 Å². The van der Waals surface area contributed by atoms with Gasteiger partial charge in [0.25, 0.3) is 11.5 Å². The van der Waals surface area contributed by atoms with Crippen LogP contribution in [0.5, 0.6) is 0 Å². The molecule has 0 aliphatic rings. The van der Waals surface area contributed by atoms with Crippen LogP contribution in [-0.4, -0.2) is 28.3 Å². The van der Waals surface area contributed by atoms with Crippen LogP contribution in [0.1, 0.15) is 27.8 Å². The zero-order chi connectivity index (χ0) is 23.7. The van der Waals surface area contributed by atoms with Gasteiger partial charge in [-0.3, -0.25) is 9.59 Å². The number of hydrogen-bond acceptors (Lipinski definition) is 6. The van der Waals surface area contributed by atoms with Crippen molar-refractivity contribution in [1.29, 1.82) is 0 Å². The van der Waals surface area contributed by atoms with Crippen molar-refractivity contribution in [3.05, 3.63) is 86.1 Å². The van der Waals surface area contributed by atoms with Crippen LogP contribution in [0.3, 0.4) is 0 Å². The molecule has 0 aliphatic heterocycles. The number of ether oxygens (including phenoxy) is 1. The Hall–Kier alpha value is -3.63. The second kappa shape index (κ2) is 9.08. The van der Waals surface area contributed by atoms with Gasteiger partial charge < -0.3 is 10.1 Å². The van der Waals surface area contributed by atoms with Crippen LogP contribution < -0.4 is 10.9 Å². The molecule has 1 amide bonds. The minimum atomic E-state index is -1.08. The van der Waals surface area contributed by atoms with Crippen molar-refractivity contribution < 1.29 is 23.1 Å². The minimum Gasteiger partial charge on any atom is -0.461 e. The first-order valence-electron chi connectivity index (χ1n) is 9.54. The third-order valence-corrected chi connectivity index (χ3v) is 5.76. The van der Waals surface area contributed by atoms with Gasteiger partial charge >= 0.3 is 5.97 Å². The minimum absolute atomic E-state index is 0.00156. The van der Waals surface area contributed by atoms with Crippen molar-refractivity contribution in [2.75, 3.05) is 11.9 Å². The zero-order valence-corrected chi connectivity index (χ0v) is 18.5. The van der Waals surface area contributed by atoms with Crippen molar-refractivity contribution in [2.45, 2.75) is 6.92 Å². The molecular formula is C22H14ClF2N3O4S. The molecule has 0 saturated heterocycles. The first kappa shape index (κ1) is 22.6. The van der Waals surface area contributed by atoms with Crippen LogP contribution in [0.25, 0.3) is 16.5 Å². The average Bonchev–Trinajstić information content (AvgIpc) is 3.19. The molecule has 33 heavy (non-hydrogen) atoms. The number of nitrogens with one attached hydrogen (secondary N) is 1. The van der Waals surface area contributed by atoms with Crippen LogP contribution >= 0.6 is 22.9 Å². The number of anilines is 1. The third-order valence-electron chi connectivity index (χ3n) is 4.61. The fourth-order valence-electron chi connectivity index (χ4n) is 3.13. The second-order valence-corrected chi connectivity index (χ2v) is 7.98. The van der Waals surface area contributed by atoms with Gasteiger partial charge in [0.05, 0.1) is 17.7 Å². The number of esters is 1. The molecule has 4 rings (SSSR count). The summed E-state index contributed by atoms with van der Waals surface area (Å²) in [4.78, 5) is 38.5. The summed E-state index contributed by atoms with van der Waals surface area (Å²) in [6.07, 6.45) is 0.